The van der Waals surface area contributed by atoms with Crippen LogP contribution in [0.2, 0.25) is 0 Å². The number of anilines is 1. The molecule has 0 amide bonds. The predicted molar refractivity (Wildman–Crippen MR) is 71.6 cm³/mol. The maximum Gasteiger partial charge on any atom is 0.289 e. The molecule has 94 valence electrons. The van der Waals surface area contributed by atoms with Gasteiger partial charge < -0.3 is 10.1 Å². The Balaban J connectivity index is 1.54. The van der Waals surface area contributed by atoms with Crippen molar-refractivity contribution in [2.24, 2.45) is 22.7 Å². The Morgan fingerprint density at radius 2 is 1.94 bits per heavy atom. The third kappa shape index (κ3) is 1.61. The number of hydrogen-bond donors (Lipinski definition) is 1. The number of aliphatic imine (C=N–C) groups is 1. The number of nitrogens with zero attached hydrogens (tertiary/aromatic N) is 1. The standard InChI is InChI=1S/C15H18N2O/c1-2-4-12(5-3-1)16-15-17-14-11-7-6-10(8-11)13(14)9-18-15/h1-5,10-11,13-14H,6-9H2,(H,16,17)/t10-,11+,13-,14+/m0/s1. The van der Waals surface area contributed by atoms with Crippen molar-refractivity contribution in [1.82, 2.24) is 0 Å². The van der Waals surface area contributed by atoms with Crippen molar-refractivity contribution < 1.29 is 4.74 Å². The number of rotatable bonds is 1. The van der Waals surface area contributed by atoms with Crippen molar-refractivity contribution in [3.05, 3.63) is 30.3 Å². The molecule has 1 aromatic carbocycles. The Hall–Kier alpha value is -1.51. The summed E-state index contributed by atoms with van der Waals surface area (Å²) in [6.07, 6.45) is 4.14. The van der Waals surface area contributed by atoms with Gasteiger partial charge in [0.25, 0.3) is 6.02 Å². The molecule has 4 atom stereocenters. The lowest BCUT2D eigenvalue weighted by molar-refractivity contribution is 0.144. The van der Waals surface area contributed by atoms with E-state index in [0.717, 1.165) is 30.2 Å². The second kappa shape index (κ2) is 4.01. The number of para-hydroxylation sites is 1. The molecule has 2 saturated carbocycles. The van der Waals surface area contributed by atoms with E-state index in [1.165, 1.54) is 19.3 Å². The number of amidine groups is 1. The molecule has 1 aliphatic heterocycles. The lowest BCUT2D eigenvalue weighted by Gasteiger charge is -2.32. The van der Waals surface area contributed by atoms with E-state index in [1.807, 2.05) is 30.3 Å². The average Bonchev–Trinajstić information content (AvgIpc) is 3.01. The van der Waals surface area contributed by atoms with Crippen molar-refractivity contribution in [2.75, 3.05) is 11.9 Å². The molecule has 0 radical (unpaired) electrons. The van der Waals surface area contributed by atoms with Crippen LogP contribution in [0, 0.1) is 17.8 Å². The van der Waals surface area contributed by atoms with Gasteiger partial charge in [0, 0.05) is 11.6 Å². The van der Waals surface area contributed by atoms with Gasteiger partial charge in [-0.2, -0.15) is 0 Å². The van der Waals surface area contributed by atoms with E-state index < -0.39 is 0 Å². The summed E-state index contributed by atoms with van der Waals surface area (Å²) in [5.74, 6) is 2.38. The second-order valence-electron chi connectivity index (χ2n) is 5.72. The minimum Gasteiger partial charge on any atom is -0.465 e. The average molecular weight is 242 g/mol. The predicted octanol–water partition coefficient (Wildman–Crippen LogP) is 2.90. The molecule has 0 saturated heterocycles. The fraction of sp³-hybridized carbons (Fsp3) is 0.533. The first-order chi connectivity index (χ1) is 8.90. The van der Waals surface area contributed by atoms with E-state index in [0.29, 0.717) is 12.0 Å². The summed E-state index contributed by atoms with van der Waals surface area (Å²) in [6.45, 7) is 0.852. The Morgan fingerprint density at radius 3 is 2.83 bits per heavy atom. The fourth-order valence-corrected chi connectivity index (χ4v) is 3.88. The van der Waals surface area contributed by atoms with Crippen LogP contribution in [-0.4, -0.2) is 18.7 Å². The zero-order valence-electron chi connectivity index (χ0n) is 10.4. The maximum absolute atomic E-state index is 5.79. The Kier molecular flexibility index (Phi) is 2.32. The van der Waals surface area contributed by atoms with E-state index >= 15 is 0 Å². The first kappa shape index (κ1) is 10.4. The van der Waals surface area contributed by atoms with E-state index in [9.17, 15) is 0 Å². The summed E-state index contributed by atoms with van der Waals surface area (Å²) in [5, 5.41) is 3.28. The smallest absolute Gasteiger partial charge is 0.289 e. The number of nitrogens with one attached hydrogen (secondary N) is 1. The SMILES string of the molecule is c1ccc(NC2=N[C@@H]3[C@@H]4CC[C@@H](C4)[C@@H]3CO2)cc1. The normalized spacial score (nSPS) is 36.8. The van der Waals surface area contributed by atoms with Crippen molar-refractivity contribution >= 4 is 11.7 Å². The zero-order chi connectivity index (χ0) is 11.9. The van der Waals surface area contributed by atoms with Gasteiger partial charge in [-0.25, -0.2) is 4.99 Å². The molecule has 0 spiro atoms. The fourth-order valence-electron chi connectivity index (χ4n) is 3.88. The molecule has 2 fully saturated rings. The van der Waals surface area contributed by atoms with Crippen molar-refractivity contribution in [1.29, 1.82) is 0 Å². The molecule has 3 nitrogen and oxygen atoms in total. The summed E-state index contributed by atoms with van der Waals surface area (Å²) in [5.41, 5.74) is 1.05. The maximum atomic E-state index is 5.79. The van der Waals surface area contributed by atoms with Crippen LogP contribution in [0.5, 0.6) is 0 Å². The highest BCUT2D eigenvalue weighted by Gasteiger charge is 2.49. The van der Waals surface area contributed by atoms with Crippen molar-refractivity contribution in [3.63, 3.8) is 0 Å². The van der Waals surface area contributed by atoms with Gasteiger partial charge in [0.1, 0.15) is 0 Å². The third-order valence-electron chi connectivity index (χ3n) is 4.74. The van der Waals surface area contributed by atoms with Gasteiger partial charge in [0.2, 0.25) is 0 Å². The second-order valence-corrected chi connectivity index (χ2v) is 5.72. The van der Waals surface area contributed by atoms with Gasteiger partial charge in [0.05, 0.1) is 12.6 Å². The first-order valence-electron chi connectivity index (χ1n) is 6.93. The van der Waals surface area contributed by atoms with Gasteiger partial charge in [0.15, 0.2) is 0 Å². The van der Waals surface area contributed by atoms with Gasteiger partial charge >= 0.3 is 0 Å². The highest BCUT2D eigenvalue weighted by Crippen LogP contribution is 2.51. The highest BCUT2D eigenvalue weighted by atomic mass is 16.5. The molecule has 1 N–H and O–H groups in total. The molecule has 3 aliphatic rings. The lowest BCUT2D eigenvalue weighted by Crippen LogP contribution is -2.38. The molecule has 1 heterocycles. The molecular formula is C15H18N2O. The number of benzene rings is 1. The third-order valence-corrected chi connectivity index (χ3v) is 4.74. The summed E-state index contributed by atoms with van der Waals surface area (Å²) in [6, 6.07) is 11.4. The largest absolute Gasteiger partial charge is 0.465 e. The minimum absolute atomic E-state index is 0.517. The topological polar surface area (TPSA) is 33.6 Å². The summed E-state index contributed by atoms with van der Waals surface area (Å²) in [7, 11) is 0. The zero-order valence-corrected chi connectivity index (χ0v) is 10.4. The molecule has 3 heteroatoms. The van der Waals surface area contributed by atoms with Crippen LogP contribution in [0.4, 0.5) is 5.69 Å². The molecule has 1 aromatic rings. The van der Waals surface area contributed by atoms with E-state index in [4.69, 9.17) is 9.73 Å². The first-order valence-corrected chi connectivity index (χ1v) is 6.93. The number of ether oxygens (including phenoxy) is 1. The Labute approximate surface area is 107 Å². The molecule has 2 aliphatic carbocycles. The number of hydrogen-bond acceptors (Lipinski definition) is 3. The van der Waals surface area contributed by atoms with Crippen LogP contribution in [0.25, 0.3) is 0 Å². The van der Waals surface area contributed by atoms with Gasteiger partial charge in [-0.15, -0.1) is 0 Å². The van der Waals surface area contributed by atoms with E-state index in [1.54, 1.807) is 0 Å². The van der Waals surface area contributed by atoms with Crippen LogP contribution in [-0.2, 0) is 4.74 Å². The Bertz CT molecular complexity index is 471. The quantitative estimate of drug-likeness (QED) is 0.821. The molecule has 0 aromatic heterocycles. The summed E-state index contributed by atoms with van der Waals surface area (Å²) < 4.78 is 5.79. The molecule has 4 rings (SSSR count). The van der Waals surface area contributed by atoms with E-state index in [-0.39, 0.29) is 0 Å². The van der Waals surface area contributed by atoms with Crippen LogP contribution in [0.15, 0.2) is 35.3 Å². The van der Waals surface area contributed by atoms with Crippen LogP contribution >= 0.6 is 0 Å². The molecule has 18 heavy (non-hydrogen) atoms. The van der Waals surface area contributed by atoms with Gasteiger partial charge in [-0.1, -0.05) is 18.2 Å². The van der Waals surface area contributed by atoms with E-state index in [2.05, 4.69) is 5.32 Å². The van der Waals surface area contributed by atoms with Crippen LogP contribution in [0.3, 0.4) is 0 Å². The highest BCUT2D eigenvalue weighted by molar-refractivity contribution is 5.89. The number of fused-ring (bicyclic) bond motifs is 5. The van der Waals surface area contributed by atoms with Crippen LogP contribution < -0.4 is 5.32 Å². The van der Waals surface area contributed by atoms with Gasteiger partial charge in [-0.3, -0.25) is 0 Å². The Morgan fingerprint density at radius 1 is 1.11 bits per heavy atom. The summed E-state index contributed by atoms with van der Waals surface area (Å²) >= 11 is 0. The lowest BCUT2D eigenvalue weighted by atomic mass is 9.85. The monoisotopic (exact) mass is 242 g/mol. The van der Waals surface area contributed by atoms with Gasteiger partial charge in [-0.05, 0) is 43.2 Å². The van der Waals surface area contributed by atoms with Crippen molar-refractivity contribution in [2.45, 2.75) is 25.3 Å². The van der Waals surface area contributed by atoms with Crippen LogP contribution in [0.1, 0.15) is 19.3 Å². The van der Waals surface area contributed by atoms with Crippen molar-refractivity contribution in [3.8, 4) is 0 Å². The molecular weight excluding hydrogens is 224 g/mol. The summed E-state index contributed by atoms with van der Waals surface area (Å²) in [4.78, 5) is 4.81. The molecule has 0 unspecified atom stereocenters. The minimum atomic E-state index is 0.517. The molecule has 2 bridgehead atoms.